The second-order valence-corrected chi connectivity index (χ2v) is 6.28. The van der Waals surface area contributed by atoms with Crippen molar-refractivity contribution < 1.29 is 4.74 Å². The Morgan fingerprint density at radius 3 is 2.80 bits per heavy atom. The quantitative estimate of drug-likeness (QED) is 0.839. The minimum absolute atomic E-state index is 0.359. The molecule has 2 aliphatic rings. The van der Waals surface area contributed by atoms with Crippen molar-refractivity contribution in [3.63, 3.8) is 0 Å². The van der Waals surface area contributed by atoms with Crippen LogP contribution < -0.4 is 5.32 Å². The Hall–Kier alpha value is -0.860. The maximum Gasteiger partial charge on any atom is 0.0770 e. The standard InChI is InChI=1S/C18H27NO/c1-2-11-19-18(17-10-5-12-20-17)16-9-4-8-15(13-16)14-6-3-7-14/h4,8-9,13-14,17-19H,2-3,5-7,10-12H2,1H3. The van der Waals surface area contributed by atoms with Gasteiger partial charge in [-0.05, 0) is 55.7 Å². The zero-order chi connectivity index (χ0) is 13.8. The minimum Gasteiger partial charge on any atom is -0.376 e. The molecule has 2 fully saturated rings. The number of nitrogens with one attached hydrogen (secondary N) is 1. The van der Waals surface area contributed by atoms with Gasteiger partial charge in [0, 0.05) is 6.61 Å². The molecule has 0 aromatic heterocycles. The fraction of sp³-hybridized carbons (Fsp3) is 0.667. The highest BCUT2D eigenvalue weighted by molar-refractivity contribution is 5.30. The second-order valence-electron chi connectivity index (χ2n) is 6.28. The minimum atomic E-state index is 0.359. The number of ether oxygens (including phenoxy) is 1. The largest absolute Gasteiger partial charge is 0.376 e. The highest BCUT2D eigenvalue weighted by Gasteiger charge is 2.28. The molecule has 1 N–H and O–H groups in total. The summed E-state index contributed by atoms with van der Waals surface area (Å²) in [4.78, 5) is 0. The summed E-state index contributed by atoms with van der Waals surface area (Å²) in [6.45, 7) is 4.22. The van der Waals surface area contributed by atoms with Crippen LogP contribution in [0.5, 0.6) is 0 Å². The lowest BCUT2D eigenvalue weighted by atomic mass is 9.79. The van der Waals surface area contributed by atoms with Gasteiger partial charge in [-0.1, -0.05) is 37.6 Å². The van der Waals surface area contributed by atoms with E-state index in [2.05, 4.69) is 36.5 Å². The third-order valence-corrected chi connectivity index (χ3v) is 4.80. The van der Waals surface area contributed by atoms with Crippen molar-refractivity contribution in [2.75, 3.05) is 13.2 Å². The van der Waals surface area contributed by atoms with E-state index in [1.54, 1.807) is 0 Å². The van der Waals surface area contributed by atoms with E-state index < -0.39 is 0 Å². The average Bonchev–Trinajstić information content (AvgIpc) is 2.92. The van der Waals surface area contributed by atoms with Crippen LogP contribution in [0.1, 0.15) is 68.5 Å². The van der Waals surface area contributed by atoms with Crippen LogP contribution in [0.2, 0.25) is 0 Å². The molecule has 2 unspecified atom stereocenters. The second kappa shape index (κ2) is 6.73. The molecule has 2 nitrogen and oxygen atoms in total. The van der Waals surface area contributed by atoms with Gasteiger partial charge in [0.2, 0.25) is 0 Å². The van der Waals surface area contributed by atoms with E-state index in [4.69, 9.17) is 4.74 Å². The van der Waals surface area contributed by atoms with Crippen LogP contribution in [-0.2, 0) is 4.74 Å². The first-order chi connectivity index (χ1) is 9.88. The van der Waals surface area contributed by atoms with Crippen LogP contribution in [0, 0.1) is 0 Å². The molecule has 1 aromatic carbocycles. The van der Waals surface area contributed by atoms with Gasteiger partial charge in [0.1, 0.15) is 0 Å². The Bertz CT molecular complexity index is 421. The van der Waals surface area contributed by atoms with Gasteiger partial charge in [-0.25, -0.2) is 0 Å². The molecule has 2 heteroatoms. The van der Waals surface area contributed by atoms with Crippen LogP contribution in [0.25, 0.3) is 0 Å². The number of benzene rings is 1. The van der Waals surface area contributed by atoms with Crippen LogP contribution in [0.4, 0.5) is 0 Å². The molecule has 1 saturated carbocycles. The molecule has 1 aliphatic heterocycles. The number of hydrogen-bond acceptors (Lipinski definition) is 2. The molecular weight excluding hydrogens is 246 g/mol. The predicted octanol–water partition coefficient (Wildman–Crippen LogP) is 4.17. The Balaban J connectivity index is 1.77. The molecular formula is C18H27NO. The van der Waals surface area contributed by atoms with Gasteiger partial charge < -0.3 is 10.1 Å². The van der Waals surface area contributed by atoms with E-state index in [-0.39, 0.29) is 0 Å². The summed E-state index contributed by atoms with van der Waals surface area (Å²) < 4.78 is 5.94. The maximum absolute atomic E-state index is 5.94. The van der Waals surface area contributed by atoms with Crippen molar-refractivity contribution in [1.29, 1.82) is 0 Å². The van der Waals surface area contributed by atoms with Crippen molar-refractivity contribution in [2.24, 2.45) is 0 Å². The van der Waals surface area contributed by atoms with Gasteiger partial charge in [0.15, 0.2) is 0 Å². The lowest BCUT2D eigenvalue weighted by Crippen LogP contribution is -2.32. The lowest BCUT2D eigenvalue weighted by molar-refractivity contribution is 0.0782. The van der Waals surface area contributed by atoms with E-state index in [0.717, 1.165) is 19.1 Å². The molecule has 20 heavy (non-hydrogen) atoms. The van der Waals surface area contributed by atoms with Crippen LogP contribution in [0.15, 0.2) is 24.3 Å². The van der Waals surface area contributed by atoms with Crippen molar-refractivity contribution >= 4 is 0 Å². The van der Waals surface area contributed by atoms with Crippen molar-refractivity contribution in [3.8, 4) is 0 Å². The summed E-state index contributed by atoms with van der Waals surface area (Å²) in [5, 5.41) is 3.70. The van der Waals surface area contributed by atoms with Gasteiger partial charge >= 0.3 is 0 Å². The summed E-state index contributed by atoms with van der Waals surface area (Å²) in [6.07, 6.45) is 8.07. The Kier molecular flexibility index (Phi) is 4.74. The van der Waals surface area contributed by atoms with Gasteiger partial charge in [-0.3, -0.25) is 0 Å². The summed E-state index contributed by atoms with van der Waals surface area (Å²) in [7, 11) is 0. The Labute approximate surface area is 122 Å². The fourth-order valence-corrected chi connectivity index (χ4v) is 3.38. The molecule has 1 heterocycles. The van der Waals surface area contributed by atoms with Crippen LogP contribution in [0.3, 0.4) is 0 Å². The molecule has 3 rings (SSSR count). The summed E-state index contributed by atoms with van der Waals surface area (Å²) in [5.41, 5.74) is 2.96. The zero-order valence-electron chi connectivity index (χ0n) is 12.6. The topological polar surface area (TPSA) is 21.3 Å². The summed E-state index contributed by atoms with van der Waals surface area (Å²) in [5.74, 6) is 0.811. The highest BCUT2D eigenvalue weighted by atomic mass is 16.5. The van der Waals surface area contributed by atoms with Gasteiger partial charge in [0.25, 0.3) is 0 Å². The molecule has 0 amide bonds. The Morgan fingerprint density at radius 2 is 2.15 bits per heavy atom. The van der Waals surface area contributed by atoms with Crippen LogP contribution >= 0.6 is 0 Å². The van der Waals surface area contributed by atoms with E-state index in [1.165, 1.54) is 49.7 Å². The van der Waals surface area contributed by atoms with Crippen molar-refractivity contribution in [1.82, 2.24) is 5.32 Å². The van der Waals surface area contributed by atoms with Crippen molar-refractivity contribution in [3.05, 3.63) is 35.4 Å². The van der Waals surface area contributed by atoms with Crippen LogP contribution in [-0.4, -0.2) is 19.3 Å². The first-order valence-corrected chi connectivity index (χ1v) is 8.33. The predicted molar refractivity (Wildman–Crippen MR) is 83.0 cm³/mol. The smallest absolute Gasteiger partial charge is 0.0770 e. The Morgan fingerprint density at radius 1 is 1.25 bits per heavy atom. The average molecular weight is 273 g/mol. The zero-order valence-corrected chi connectivity index (χ0v) is 12.6. The summed E-state index contributed by atoms with van der Waals surface area (Å²) >= 11 is 0. The van der Waals surface area contributed by atoms with Crippen molar-refractivity contribution in [2.45, 2.75) is 63.5 Å². The van der Waals surface area contributed by atoms with E-state index in [1.807, 2.05) is 0 Å². The molecule has 1 aliphatic carbocycles. The van der Waals surface area contributed by atoms with E-state index in [9.17, 15) is 0 Å². The molecule has 0 bridgehead atoms. The summed E-state index contributed by atoms with van der Waals surface area (Å²) in [6, 6.07) is 9.62. The monoisotopic (exact) mass is 273 g/mol. The van der Waals surface area contributed by atoms with E-state index >= 15 is 0 Å². The first kappa shape index (κ1) is 14.1. The normalized spacial score (nSPS) is 24.6. The van der Waals surface area contributed by atoms with Gasteiger partial charge in [-0.2, -0.15) is 0 Å². The first-order valence-electron chi connectivity index (χ1n) is 8.33. The SMILES string of the molecule is CCCNC(c1cccc(C2CCC2)c1)C1CCCO1. The molecule has 110 valence electrons. The van der Waals surface area contributed by atoms with Gasteiger partial charge in [-0.15, -0.1) is 0 Å². The molecule has 1 aromatic rings. The third kappa shape index (κ3) is 3.07. The lowest BCUT2D eigenvalue weighted by Gasteiger charge is -2.29. The highest BCUT2D eigenvalue weighted by Crippen LogP contribution is 2.37. The van der Waals surface area contributed by atoms with E-state index in [0.29, 0.717) is 12.1 Å². The maximum atomic E-state index is 5.94. The molecule has 1 saturated heterocycles. The number of hydrogen-bond donors (Lipinski definition) is 1. The molecule has 2 atom stereocenters. The third-order valence-electron chi connectivity index (χ3n) is 4.80. The number of rotatable bonds is 6. The fourth-order valence-electron chi connectivity index (χ4n) is 3.38. The molecule has 0 radical (unpaired) electrons. The van der Waals surface area contributed by atoms with Gasteiger partial charge in [0.05, 0.1) is 12.1 Å². The molecule has 0 spiro atoms.